The average Bonchev–Trinajstić information content (AvgIpc) is 2.38. The van der Waals surface area contributed by atoms with Crippen LogP contribution in [0.25, 0.3) is 0 Å². The van der Waals surface area contributed by atoms with Crippen LogP contribution in [0.5, 0.6) is 5.75 Å². The Kier molecular flexibility index (Phi) is 4.36. The molecule has 0 atom stereocenters. The second kappa shape index (κ2) is 5.88. The summed E-state index contributed by atoms with van der Waals surface area (Å²) in [5.41, 5.74) is -0.684. The highest BCUT2D eigenvalue weighted by atomic mass is 35.5. The number of nitro groups is 1. The summed E-state index contributed by atoms with van der Waals surface area (Å²) in [6, 6.07) is 9.82. The van der Waals surface area contributed by atoms with Gasteiger partial charge in [-0.25, -0.2) is 0 Å². The normalized spacial score (nSPS) is 11.1. The van der Waals surface area contributed by atoms with Gasteiger partial charge in [0.25, 0.3) is 0 Å². The molecule has 21 heavy (non-hydrogen) atoms. The van der Waals surface area contributed by atoms with Crippen LogP contribution in [-0.4, -0.2) is 13.3 Å². The zero-order chi connectivity index (χ0) is 15.6. The molecule has 0 spiro atoms. The van der Waals surface area contributed by atoms with Gasteiger partial charge in [-0.15, -0.1) is 0 Å². The number of benzene rings is 2. The van der Waals surface area contributed by atoms with Crippen LogP contribution in [-0.2, 0) is 10.1 Å². The van der Waals surface area contributed by atoms with Gasteiger partial charge in [0.2, 0.25) is 0 Å². The zero-order valence-corrected chi connectivity index (χ0v) is 12.5. The van der Waals surface area contributed by atoms with Crippen LogP contribution < -0.4 is 4.18 Å². The smallest absolute Gasteiger partial charge is 0.340 e. The SMILES string of the molecule is O=[N+]([O-])c1c(Cl)ccc(S(=O)(=O)Oc2ccccc2)c1Cl. The highest BCUT2D eigenvalue weighted by molar-refractivity contribution is 7.87. The monoisotopic (exact) mass is 347 g/mol. The van der Waals surface area contributed by atoms with Crippen LogP contribution in [0.2, 0.25) is 10.0 Å². The van der Waals surface area contributed by atoms with E-state index in [0.717, 1.165) is 12.1 Å². The van der Waals surface area contributed by atoms with Crippen molar-refractivity contribution in [3.63, 3.8) is 0 Å². The molecule has 0 radical (unpaired) electrons. The molecule has 0 aromatic heterocycles. The van der Waals surface area contributed by atoms with E-state index in [1.165, 1.54) is 12.1 Å². The van der Waals surface area contributed by atoms with Crippen LogP contribution in [0.4, 0.5) is 5.69 Å². The summed E-state index contributed by atoms with van der Waals surface area (Å²) in [6.45, 7) is 0. The minimum Gasteiger partial charge on any atom is -0.379 e. The van der Waals surface area contributed by atoms with Crippen molar-refractivity contribution >= 4 is 39.0 Å². The number of halogens is 2. The Bertz CT molecular complexity index is 793. The van der Waals surface area contributed by atoms with Gasteiger partial charge >= 0.3 is 15.8 Å². The fraction of sp³-hybridized carbons (Fsp3) is 0. The number of rotatable bonds is 4. The summed E-state index contributed by atoms with van der Waals surface area (Å²) in [5, 5.41) is 10.0. The quantitative estimate of drug-likeness (QED) is 0.478. The lowest BCUT2D eigenvalue weighted by Crippen LogP contribution is -2.11. The Labute approximate surface area is 130 Å². The molecule has 0 N–H and O–H groups in total. The molecular weight excluding hydrogens is 341 g/mol. The van der Waals surface area contributed by atoms with E-state index in [4.69, 9.17) is 27.4 Å². The van der Waals surface area contributed by atoms with Crippen molar-refractivity contribution in [1.82, 2.24) is 0 Å². The van der Waals surface area contributed by atoms with E-state index in [9.17, 15) is 18.5 Å². The van der Waals surface area contributed by atoms with Gasteiger partial charge in [0, 0.05) is 0 Å². The summed E-state index contributed by atoms with van der Waals surface area (Å²) in [6.07, 6.45) is 0. The van der Waals surface area contributed by atoms with Crippen molar-refractivity contribution < 1.29 is 17.5 Å². The first-order chi connectivity index (χ1) is 9.83. The van der Waals surface area contributed by atoms with Gasteiger partial charge in [-0.05, 0) is 24.3 Å². The van der Waals surface area contributed by atoms with Crippen molar-refractivity contribution in [2.75, 3.05) is 0 Å². The first kappa shape index (κ1) is 15.6. The molecule has 0 bridgehead atoms. The number of hydrogen-bond acceptors (Lipinski definition) is 5. The molecular formula is C12H7Cl2NO5S. The molecule has 2 aromatic rings. The number of nitro benzene ring substituents is 1. The van der Waals surface area contributed by atoms with Gasteiger partial charge in [-0.2, -0.15) is 8.42 Å². The van der Waals surface area contributed by atoms with Crippen molar-refractivity contribution in [2.24, 2.45) is 0 Å². The zero-order valence-electron chi connectivity index (χ0n) is 10.2. The third-order valence-electron chi connectivity index (χ3n) is 2.43. The molecule has 0 aliphatic rings. The van der Waals surface area contributed by atoms with E-state index in [1.54, 1.807) is 18.2 Å². The van der Waals surface area contributed by atoms with Gasteiger partial charge in [-0.3, -0.25) is 10.1 Å². The van der Waals surface area contributed by atoms with Gasteiger partial charge < -0.3 is 4.18 Å². The van der Waals surface area contributed by atoms with Crippen LogP contribution in [0.15, 0.2) is 47.4 Å². The summed E-state index contributed by atoms with van der Waals surface area (Å²) < 4.78 is 29.1. The van der Waals surface area contributed by atoms with E-state index in [0.29, 0.717) is 0 Å². The van der Waals surface area contributed by atoms with Crippen LogP contribution in [0, 0.1) is 10.1 Å². The maximum Gasteiger partial charge on any atom is 0.340 e. The maximum atomic E-state index is 12.1. The molecule has 110 valence electrons. The van der Waals surface area contributed by atoms with Gasteiger partial charge in [0.15, 0.2) is 0 Å². The number of nitrogens with zero attached hydrogens (tertiary/aromatic N) is 1. The molecule has 2 aromatic carbocycles. The third kappa shape index (κ3) is 3.26. The molecule has 0 saturated carbocycles. The van der Waals surface area contributed by atoms with E-state index in [2.05, 4.69) is 0 Å². The second-order valence-corrected chi connectivity index (χ2v) is 6.12. The molecule has 0 fully saturated rings. The van der Waals surface area contributed by atoms with Gasteiger partial charge in [0.05, 0.1) is 4.92 Å². The highest BCUT2D eigenvalue weighted by Crippen LogP contribution is 2.37. The number of hydrogen-bond donors (Lipinski definition) is 0. The van der Waals surface area contributed by atoms with E-state index >= 15 is 0 Å². The topological polar surface area (TPSA) is 86.5 Å². The van der Waals surface area contributed by atoms with Crippen molar-refractivity contribution in [3.8, 4) is 5.75 Å². The molecule has 2 rings (SSSR count). The van der Waals surface area contributed by atoms with E-state index in [1.807, 2.05) is 0 Å². The average molecular weight is 348 g/mol. The van der Waals surface area contributed by atoms with E-state index < -0.39 is 30.6 Å². The Morgan fingerprint density at radius 1 is 1.05 bits per heavy atom. The minimum absolute atomic E-state index is 0.0613. The molecule has 9 heteroatoms. The lowest BCUT2D eigenvalue weighted by molar-refractivity contribution is -0.384. The predicted molar refractivity (Wildman–Crippen MR) is 77.4 cm³/mol. The van der Waals surface area contributed by atoms with Gasteiger partial charge in [-0.1, -0.05) is 41.4 Å². The fourth-order valence-electron chi connectivity index (χ4n) is 1.53. The highest BCUT2D eigenvalue weighted by Gasteiger charge is 2.29. The van der Waals surface area contributed by atoms with Crippen LogP contribution in [0.1, 0.15) is 0 Å². The Hall–Kier alpha value is -1.83. The Balaban J connectivity index is 2.51. The summed E-state index contributed by atoms with van der Waals surface area (Å²) in [7, 11) is -4.31. The minimum atomic E-state index is -4.31. The van der Waals surface area contributed by atoms with Crippen LogP contribution in [0.3, 0.4) is 0 Å². The first-order valence-electron chi connectivity index (χ1n) is 5.45. The second-order valence-electron chi connectivity index (χ2n) is 3.82. The molecule has 0 amide bonds. The number of para-hydroxylation sites is 1. The Morgan fingerprint density at radius 2 is 1.67 bits per heavy atom. The molecule has 0 unspecified atom stereocenters. The molecule has 6 nitrogen and oxygen atoms in total. The molecule has 0 aliphatic carbocycles. The summed E-state index contributed by atoms with van der Waals surface area (Å²) in [5.74, 6) is 0.0613. The molecule has 0 saturated heterocycles. The third-order valence-corrected chi connectivity index (χ3v) is 4.52. The van der Waals surface area contributed by atoms with Crippen molar-refractivity contribution in [2.45, 2.75) is 4.90 Å². The molecule has 0 heterocycles. The maximum absolute atomic E-state index is 12.1. The standard InChI is InChI=1S/C12H7Cl2NO5S/c13-9-6-7-10(11(14)12(9)15(16)17)21(18,19)20-8-4-2-1-3-5-8/h1-7H. The van der Waals surface area contributed by atoms with Crippen LogP contribution >= 0.6 is 23.2 Å². The predicted octanol–water partition coefficient (Wildman–Crippen LogP) is 3.67. The first-order valence-corrected chi connectivity index (χ1v) is 7.61. The lowest BCUT2D eigenvalue weighted by atomic mass is 10.3. The van der Waals surface area contributed by atoms with Crippen molar-refractivity contribution in [1.29, 1.82) is 0 Å². The van der Waals surface area contributed by atoms with Crippen molar-refractivity contribution in [3.05, 3.63) is 62.6 Å². The van der Waals surface area contributed by atoms with E-state index in [-0.39, 0.29) is 10.8 Å². The Morgan fingerprint density at radius 3 is 2.24 bits per heavy atom. The largest absolute Gasteiger partial charge is 0.379 e. The summed E-state index contributed by atoms with van der Waals surface area (Å²) >= 11 is 11.4. The molecule has 0 aliphatic heterocycles. The summed E-state index contributed by atoms with van der Waals surface area (Å²) in [4.78, 5) is 9.50. The lowest BCUT2D eigenvalue weighted by Gasteiger charge is -2.09. The van der Waals surface area contributed by atoms with Gasteiger partial charge in [0.1, 0.15) is 20.7 Å². The fourth-order valence-corrected chi connectivity index (χ4v) is 3.33.